The summed E-state index contributed by atoms with van der Waals surface area (Å²) in [5.74, 6) is 0. The van der Waals surface area contributed by atoms with Crippen molar-refractivity contribution in [1.82, 2.24) is 0 Å². The molecule has 2 radical (unpaired) electrons. The Balaban J connectivity index is 0. The van der Waals surface area contributed by atoms with Crippen LogP contribution in [-0.4, -0.2) is 85.3 Å². The molecule has 0 saturated carbocycles. The predicted octanol–water partition coefficient (Wildman–Crippen LogP) is -1.91. The molecule has 0 aromatic heterocycles. The summed E-state index contributed by atoms with van der Waals surface area (Å²) in [5.41, 5.74) is 0. The van der Waals surface area contributed by atoms with Crippen LogP contribution in [0.25, 0.3) is 0 Å². The second-order valence-electron chi connectivity index (χ2n) is 0. The summed E-state index contributed by atoms with van der Waals surface area (Å²) >= 11 is 0. The zero-order valence-electron chi connectivity index (χ0n) is 4.27. The van der Waals surface area contributed by atoms with E-state index in [1.54, 1.807) is 0 Å². The Morgan fingerprint density at radius 3 is 0.333 bits per heavy atom. The van der Waals surface area contributed by atoms with Crippen molar-refractivity contribution >= 4 is 85.3 Å². The van der Waals surface area contributed by atoms with Crippen LogP contribution in [0.5, 0.6) is 0 Å². The first-order chi connectivity index (χ1) is 0. The van der Waals surface area contributed by atoms with Crippen LogP contribution in [0, 0.1) is 0 Å². The van der Waals surface area contributed by atoms with Gasteiger partial charge >= 0.3 is 89.3 Å². The molecule has 0 bridgehead atoms. The summed E-state index contributed by atoms with van der Waals surface area (Å²) in [4.78, 5) is 0. The van der Waals surface area contributed by atoms with Crippen molar-refractivity contribution in [1.29, 1.82) is 0 Å². The number of hydrogen-bond acceptors (Lipinski definition) is 0. The van der Waals surface area contributed by atoms with Crippen LogP contribution in [0.2, 0.25) is 0 Å². The molecule has 0 atom stereocenters. The molecule has 0 spiro atoms. The van der Waals surface area contributed by atoms with Gasteiger partial charge in [0.25, 0.3) is 0 Å². The third kappa shape index (κ3) is 59.0. The molecule has 0 fully saturated rings. The molecule has 0 rings (SSSR count). The molecular weight excluding hydrogens is 724 g/mol. The van der Waals surface area contributed by atoms with Crippen molar-refractivity contribution in [2.75, 3.05) is 0 Å². The maximum atomic E-state index is 0. The van der Waals surface area contributed by atoms with Gasteiger partial charge in [-0.2, -0.15) is 0 Å². The third-order valence-corrected chi connectivity index (χ3v) is 0. The molecule has 0 aliphatic heterocycles. The minimum Gasteiger partial charge on any atom is -2.00 e. The zero-order chi connectivity index (χ0) is 0. The van der Waals surface area contributed by atoms with Gasteiger partial charge in [-0.15, -0.1) is 0 Å². The summed E-state index contributed by atoms with van der Waals surface area (Å²) < 4.78 is 0. The van der Waals surface area contributed by atoms with Crippen molar-refractivity contribution in [3.8, 4) is 0 Å². The first-order valence-electron chi connectivity index (χ1n) is 0. The molecule has 0 unspecified atom stereocenters. The van der Waals surface area contributed by atoms with Gasteiger partial charge in [-0.1, -0.05) is 0 Å². The smallest absolute Gasteiger partial charge is 2.00 e. The van der Waals surface area contributed by atoms with Crippen LogP contribution in [0.3, 0.4) is 0 Å². The van der Waals surface area contributed by atoms with Crippen molar-refractivity contribution in [2.24, 2.45) is 0 Å². The fraction of sp³-hybridized carbons (Fsp3) is 0. The summed E-state index contributed by atoms with van der Waals surface area (Å²) in [5, 5.41) is 0. The number of rotatable bonds is 0. The first kappa shape index (κ1) is 87.3. The fourth-order valence-corrected chi connectivity index (χ4v) is 0. The van der Waals surface area contributed by atoms with Gasteiger partial charge in [0.05, 0.1) is 0 Å². The molecule has 0 aliphatic carbocycles. The maximum Gasteiger partial charge on any atom is 3.00 e. The van der Waals surface area contributed by atoms with Crippen LogP contribution >= 0.6 is 0 Å². The van der Waals surface area contributed by atoms with Gasteiger partial charge in [0.1, 0.15) is 0 Å². The van der Waals surface area contributed by atoms with Crippen LogP contribution in [-0.2, 0) is 89.3 Å². The van der Waals surface area contributed by atoms with E-state index >= 15 is 0 Å². The summed E-state index contributed by atoms with van der Waals surface area (Å²) in [6.45, 7) is 0. The van der Waals surface area contributed by atoms with E-state index in [1.165, 1.54) is 0 Å². The van der Waals surface area contributed by atoms with E-state index in [2.05, 4.69) is 0 Å². The average Bonchev–Trinajstić information content (AvgIpc) is 0. The molecule has 0 aromatic rings. The molecule has 9 heavy (non-hydrogen) atoms. The van der Waals surface area contributed by atoms with E-state index in [4.69, 9.17) is 0 Å². The topological polar surface area (TPSA) is 0 Å². The second kappa shape index (κ2) is 69.7. The van der Waals surface area contributed by atoms with E-state index in [-0.39, 0.29) is 175 Å². The normalized spacial score (nSPS) is 0. The molecule has 0 nitrogen and oxygen atoms in total. The Morgan fingerprint density at radius 2 is 0.333 bits per heavy atom. The van der Waals surface area contributed by atoms with Gasteiger partial charge in [-0.25, -0.2) is 0 Å². The van der Waals surface area contributed by atoms with E-state index in [9.17, 15) is 0 Å². The summed E-state index contributed by atoms with van der Waals surface area (Å²) in [6, 6.07) is 0. The van der Waals surface area contributed by atoms with E-state index in [1.807, 2.05) is 0 Å². The molecule has 0 amide bonds. The van der Waals surface area contributed by atoms with Gasteiger partial charge in [-0.05, 0) is 0 Å². The van der Waals surface area contributed by atoms with Gasteiger partial charge < -0.3 is 85.3 Å². The molecule has 0 aromatic carbocycles. The van der Waals surface area contributed by atoms with Crippen LogP contribution in [0.4, 0.5) is 0 Å². The minimum atomic E-state index is 0. The molecule has 9 heteroatoms. The van der Waals surface area contributed by atoms with E-state index < -0.39 is 0 Å². The summed E-state index contributed by atoms with van der Waals surface area (Å²) in [7, 11) is 0. The fourth-order valence-electron chi connectivity index (χ4n) is 0. The van der Waals surface area contributed by atoms with Crippen molar-refractivity contribution < 1.29 is 89.3 Å². The second-order valence-corrected chi connectivity index (χ2v) is 0. The number of hydrogen-bond donors (Lipinski definition) is 0. The Labute approximate surface area is 171 Å². The van der Waals surface area contributed by atoms with Crippen LogP contribution in [0.1, 0.15) is 0 Å². The SMILES string of the molecule is [Cd+2].[Cd+2].[Cr+3].[Cr+3].[Se-2].[Se-2].[Se-2].[Se-2].[Se-2]. The van der Waals surface area contributed by atoms with Crippen molar-refractivity contribution in [3.63, 3.8) is 0 Å². The zero-order valence-corrected chi connectivity index (χ0v) is 23.5. The maximum absolute atomic E-state index is 0. The monoisotopic (exact) mass is 731 g/mol. The third-order valence-electron chi connectivity index (χ3n) is 0. The Hall–Kier alpha value is 5.51. The Morgan fingerprint density at radius 1 is 0.333 bits per heavy atom. The molecule has 0 aliphatic rings. The first-order valence-corrected chi connectivity index (χ1v) is 0. The van der Waals surface area contributed by atoms with Gasteiger partial charge in [-0.3, -0.25) is 0 Å². The molecule has 0 N–H and O–H groups in total. The van der Waals surface area contributed by atoms with Crippen molar-refractivity contribution in [3.05, 3.63) is 0 Å². The molecular formula is Cd2Cr2Se5. The van der Waals surface area contributed by atoms with Crippen LogP contribution < -0.4 is 0 Å². The van der Waals surface area contributed by atoms with E-state index in [0.717, 1.165) is 0 Å². The molecule has 0 heterocycles. The quantitative estimate of drug-likeness (QED) is 0.257. The largest absolute Gasteiger partial charge is 3.00 e. The molecule has 46 valence electrons. The van der Waals surface area contributed by atoms with Gasteiger partial charge in [0, 0.05) is 0 Å². The van der Waals surface area contributed by atoms with E-state index in [0.29, 0.717) is 0 Å². The van der Waals surface area contributed by atoms with Gasteiger partial charge in [0.15, 0.2) is 0 Å². The minimum absolute atomic E-state index is 0. The predicted molar refractivity (Wildman–Crippen MR) is 28.8 cm³/mol. The molecule has 0 saturated heterocycles. The average molecular weight is 724 g/mol. The standard InChI is InChI=1S/2Cd.2Cr.5Se/q2*+2;2*+3;5*-2. The van der Waals surface area contributed by atoms with Crippen LogP contribution in [0.15, 0.2) is 0 Å². The van der Waals surface area contributed by atoms with Crippen molar-refractivity contribution in [2.45, 2.75) is 0 Å². The van der Waals surface area contributed by atoms with Gasteiger partial charge in [0.2, 0.25) is 0 Å². The summed E-state index contributed by atoms with van der Waals surface area (Å²) in [6.07, 6.45) is 0. The Bertz CT molecular complexity index is 12.9. The Kier molecular flexibility index (Phi) is 676.